The predicted octanol–water partition coefficient (Wildman–Crippen LogP) is 1.77. The molecule has 2 rings (SSSR count). The second-order valence-corrected chi connectivity index (χ2v) is 4.69. The maximum atomic E-state index is 13.0. The number of pyridine rings is 1. The zero-order chi connectivity index (χ0) is 11.7. The first-order chi connectivity index (χ1) is 7.61. The number of hydrogen-bond donors (Lipinski definition) is 1. The van der Waals surface area contributed by atoms with Crippen molar-refractivity contribution in [3.63, 3.8) is 0 Å². The lowest BCUT2D eigenvalue weighted by Crippen LogP contribution is -2.23. The van der Waals surface area contributed by atoms with Gasteiger partial charge in [-0.2, -0.15) is 0 Å². The van der Waals surface area contributed by atoms with E-state index in [9.17, 15) is 4.39 Å². The Hall–Kier alpha value is -1.16. The largest absolute Gasteiger partial charge is 0.359 e. The molecule has 0 aliphatic heterocycles. The summed E-state index contributed by atoms with van der Waals surface area (Å²) in [5.74, 6) is 2.05. The van der Waals surface area contributed by atoms with E-state index in [-0.39, 0.29) is 5.82 Å². The molecule has 1 aromatic heterocycles. The Morgan fingerprint density at radius 2 is 2.31 bits per heavy atom. The Morgan fingerprint density at radius 1 is 1.62 bits per heavy atom. The Bertz CT molecular complexity index is 381. The molecule has 0 saturated heterocycles. The van der Waals surface area contributed by atoms with Gasteiger partial charge < -0.3 is 10.6 Å². The maximum Gasteiger partial charge on any atom is 0.141 e. The van der Waals surface area contributed by atoms with Crippen molar-refractivity contribution in [3.8, 4) is 0 Å². The molecule has 0 aromatic carbocycles. The highest BCUT2D eigenvalue weighted by molar-refractivity contribution is 5.46. The number of nitrogens with zero attached hydrogens (tertiary/aromatic N) is 2. The summed E-state index contributed by atoms with van der Waals surface area (Å²) in [6.45, 7) is 3.55. The molecule has 2 N–H and O–H groups in total. The molecule has 1 heterocycles. The van der Waals surface area contributed by atoms with E-state index >= 15 is 0 Å². The summed E-state index contributed by atoms with van der Waals surface area (Å²) in [5.41, 5.74) is 6.37. The topological polar surface area (TPSA) is 42.2 Å². The average molecular weight is 223 g/mol. The quantitative estimate of drug-likeness (QED) is 0.846. The molecular formula is C12H18FN3. The van der Waals surface area contributed by atoms with Crippen molar-refractivity contribution in [1.29, 1.82) is 0 Å². The lowest BCUT2D eigenvalue weighted by atomic mass is 10.2. The molecule has 0 spiro atoms. The lowest BCUT2D eigenvalue weighted by Gasteiger charge is -2.20. The van der Waals surface area contributed by atoms with Gasteiger partial charge in [0.15, 0.2) is 0 Å². The molecule has 0 radical (unpaired) electrons. The van der Waals surface area contributed by atoms with Crippen LogP contribution in [0.2, 0.25) is 0 Å². The van der Waals surface area contributed by atoms with Gasteiger partial charge in [0.1, 0.15) is 11.6 Å². The number of hydrogen-bond acceptors (Lipinski definition) is 3. The average Bonchev–Trinajstić information content (AvgIpc) is 2.93. The van der Waals surface area contributed by atoms with E-state index in [0.29, 0.717) is 6.54 Å². The van der Waals surface area contributed by atoms with Crippen LogP contribution in [0.5, 0.6) is 0 Å². The Balaban J connectivity index is 2.12. The Morgan fingerprint density at radius 3 is 2.88 bits per heavy atom. The molecule has 1 fully saturated rings. The summed E-state index contributed by atoms with van der Waals surface area (Å²) >= 11 is 0. The van der Waals surface area contributed by atoms with Crippen molar-refractivity contribution >= 4 is 5.82 Å². The van der Waals surface area contributed by atoms with Gasteiger partial charge in [-0.1, -0.05) is 6.92 Å². The second kappa shape index (κ2) is 4.37. The van der Waals surface area contributed by atoms with E-state index in [1.54, 1.807) is 0 Å². The smallest absolute Gasteiger partial charge is 0.141 e. The van der Waals surface area contributed by atoms with E-state index < -0.39 is 0 Å². The van der Waals surface area contributed by atoms with E-state index in [1.165, 1.54) is 18.7 Å². The number of aromatic nitrogens is 1. The normalized spacial score (nSPS) is 23.2. The van der Waals surface area contributed by atoms with Gasteiger partial charge >= 0.3 is 0 Å². The van der Waals surface area contributed by atoms with Crippen molar-refractivity contribution < 1.29 is 4.39 Å². The number of halogens is 1. The summed E-state index contributed by atoms with van der Waals surface area (Å²) in [7, 11) is 1.99. The first-order valence-corrected chi connectivity index (χ1v) is 5.67. The molecule has 88 valence electrons. The minimum absolute atomic E-state index is 0.322. The third-order valence-electron chi connectivity index (χ3n) is 3.28. The van der Waals surface area contributed by atoms with Gasteiger partial charge in [-0.25, -0.2) is 9.37 Å². The van der Waals surface area contributed by atoms with Gasteiger partial charge in [0.2, 0.25) is 0 Å². The minimum atomic E-state index is -0.322. The molecule has 1 aliphatic rings. The van der Waals surface area contributed by atoms with Gasteiger partial charge in [-0.15, -0.1) is 0 Å². The molecule has 3 nitrogen and oxygen atoms in total. The first-order valence-electron chi connectivity index (χ1n) is 5.67. The van der Waals surface area contributed by atoms with Gasteiger partial charge in [-0.3, -0.25) is 0 Å². The zero-order valence-corrected chi connectivity index (χ0v) is 9.78. The molecule has 2 unspecified atom stereocenters. The van der Waals surface area contributed by atoms with Crippen molar-refractivity contribution in [3.05, 3.63) is 23.6 Å². The maximum absolute atomic E-state index is 13.0. The summed E-state index contributed by atoms with van der Waals surface area (Å²) in [5, 5.41) is 0. The molecule has 16 heavy (non-hydrogen) atoms. The third kappa shape index (κ3) is 2.32. The van der Waals surface area contributed by atoms with E-state index in [2.05, 4.69) is 16.8 Å². The highest BCUT2D eigenvalue weighted by atomic mass is 19.1. The van der Waals surface area contributed by atoms with Gasteiger partial charge in [-0.05, 0) is 24.3 Å². The molecule has 0 amide bonds. The monoisotopic (exact) mass is 223 g/mol. The van der Waals surface area contributed by atoms with Crippen LogP contribution in [0.1, 0.15) is 18.9 Å². The molecular weight excluding hydrogens is 205 g/mol. The van der Waals surface area contributed by atoms with Crippen molar-refractivity contribution in [2.75, 3.05) is 18.5 Å². The summed E-state index contributed by atoms with van der Waals surface area (Å²) in [6.07, 6.45) is 2.53. The van der Waals surface area contributed by atoms with Crippen LogP contribution in [-0.2, 0) is 6.54 Å². The van der Waals surface area contributed by atoms with Crippen molar-refractivity contribution in [1.82, 2.24) is 4.98 Å². The predicted molar refractivity (Wildman–Crippen MR) is 62.6 cm³/mol. The van der Waals surface area contributed by atoms with Crippen molar-refractivity contribution in [2.24, 2.45) is 17.6 Å². The van der Waals surface area contributed by atoms with Crippen LogP contribution in [0.4, 0.5) is 10.2 Å². The van der Waals surface area contributed by atoms with Crippen LogP contribution in [0.15, 0.2) is 12.3 Å². The number of anilines is 1. The zero-order valence-electron chi connectivity index (χ0n) is 9.78. The van der Waals surface area contributed by atoms with E-state index in [1.807, 2.05) is 7.05 Å². The van der Waals surface area contributed by atoms with Gasteiger partial charge in [0.25, 0.3) is 0 Å². The second-order valence-electron chi connectivity index (χ2n) is 4.69. The number of nitrogens with two attached hydrogens (primary N) is 1. The van der Waals surface area contributed by atoms with Crippen LogP contribution in [0.3, 0.4) is 0 Å². The highest BCUT2D eigenvalue weighted by Crippen LogP contribution is 2.38. The SMILES string of the molecule is CC1CC1CN(C)c1ncc(F)cc1CN. The Labute approximate surface area is 95.5 Å². The molecule has 1 saturated carbocycles. The fourth-order valence-electron chi connectivity index (χ4n) is 2.06. The first kappa shape index (κ1) is 11.3. The van der Waals surface area contributed by atoms with Gasteiger partial charge in [0.05, 0.1) is 6.20 Å². The van der Waals surface area contributed by atoms with Crippen LogP contribution in [0.25, 0.3) is 0 Å². The van der Waals surface area contributed by atoms with Crippen LogP contribution >= 0.6 is 0 Å². The summed E-state index contributed by atoms with van der Waals surface area (Å²) in [6, 6.07) is 1.47. The molecule has 4 heteroatoms. The van der Waals surface area contributed by atoms with Crippen LogP contribution in [0, 0.1) is 17.7 Å². The minimum Gasteiger partial charge on any atom is -0.359 e. The molecule has 1 aromatic rings. The third-order valence-corrected chi connectivity index (χ3v) is 3.28. The highest BCUT2D eigenvalue weighted by Gasteiger charge is 2.33. The fraction of sp³-hybridized carbons (Fsp3) is 0.583. The summed E-state index contributed by atoms with van der Waals surface area (Å²) in [4.78, 5) is 6.20. The number of rotatable bonds is 4. The Kier molecular flexibility index (Phi) is 3.10. The van der Waals surface area contributed by atoms with Crippen molar-refractivity contribution in [2.45, 2.75) is 19.9 Å². The summed E-state index contributed by atoms with van der Waals surface area (Å²) < 4.78 is 13.0. The molecule has 1 aliphatic carbocycles. The fourth-order valence-corrected chi connectivity index (χ4v) is 2.06. The van der Waals surface area contributed by atoms with E-state index in [4.69, 9.17) is 5.73 Å². The van der Waals surface area contributed by atoms with Gasteiger partial charge in [0, 0.05) is 25.7 Å². The molecule has 2 atom stereocenters. The lowest BCUT2D eigenvalue weighted by molar-refractivity contribution is 0.616. The standard InChI is InChI=1S/C12H18FN3/c1-8-3-10(8)7-16(2)12-9(5-14)4-11(13)6-15-12/h4,6,8,10H,3,5,7,14H2,1-2H3. The van der Waals surface area contributed by atoms with Crippen LogP contribution < -0.4 is 10.6 Å². The molecule has 0 bridgehead atoms. The van der Waals surface area contributed by atoms with Crippen LogP contribution in [-0.4, -0.2) is 18.6 Å². The van der Waals surface area contributed by atoms with E-state index in [0.717, 1.165) is 29.8 Å².